The molecule has 1 aromatic carbocycles. The summed E-state index contributed by atoms with van der Waals surface area (Å²) in [6.45, 7) is 8.82. The Balaban J connectivity index is 1.27. The number of hydrogen-bond donors (Lipinski definition) is 1. The van der Waals surface area contributed by atoms with Crippen LogP contribution in [0.2, 0.25) is 0 Å². The summed E-state index contributed by atoms with van der Waals surface area (Å²) in [5.41, 5.74) is 4.20. The fraction of sp³-hybridized carbons (Fsp3) is 0.467. The summed E-state index contributed by atoms with van der Waals surface area (Å²) >= 11 is 1.75. The number of aryl methyl sites for hydroxylation is 2. The number of anilines is 3. The minimum atomic E-state index is -0.0465. The van der Waals surface area contributed by atoms with Crippen LogP contribution in [0.15, 0.2) is 41.3 Å². The molecule has 1 saturated heterocycles. The van der Waals surface area contributed by atoms with Crippen molar-refractivity contribution in [1.29, 1.82) is 0 Å². The van der Waals surface area contributed by atoms with Crippen molar-refractivity contribution in [2.24, 2.45) is 0 Å². The van der Waals surface area contributed by atoms with Gasteiger partial charge in [-0.25, -0.2) is 9.97 Å². The van der Waals surface area contributed by atoms with Gasteiger partial charge in [0.25, 0.3) is 5.56 Å². The van der Waals surface area contributed by atoms with Crippen LogP contribution in [0.25, 0.3) is 22.3 Å². The van der Waals surface area contributed by atoms with E-state index in [0.29, 0.717) is 29.6 Å². The number of hydrogen-bond acceptors (Lipinski definition) is 8. The van der Waals surface area contributed by atoms with Crippen LogP contribution < -0.4 is 15.8 Å². The highest BCUT2D eigenvalue weighted by Crippen LogP contribution is 2.38. The molecule has 1 saturated carbocycles. The molecular weight excluding hydrogens is 506 g/mol. The molecule has 3 aromatic heterocycles. The predicted octanol–water partition coefficient (Wildman–Crippen LogP) is 5.79. The normalized spacial score (nSPS) is 17.2. The van der Waals surface area contributed by atoms with E-state index in [2.05, 4.69) is 58.3 Å². The molecule has 0 atom stereocenters. The molecule has 9 heteroatoms. The summed E-state index contributed by atoms with van der Waals surface area (Å²) in [5, 5.41) is 5.35. The van der Waals surface area contributed by atoms with Crippen molar-refractivity contribution < 1.29 is 0 Å². The average Bonchev–Trinajstić information content (AvgIpc) is 3.35. The molecule has 204 valence electrons. The molecular formula is C30H37N7OS. The first kappa shape index (κ1) is 26.0. The number of aromatic nitrogens is 4. The number of pyridine rings is 1. The maximum Gasteiger partial charge on any atom is 0.261 e. The molecule has 0 bridgehead atoms. The number of likely N-dealkylation sites (N-methyl/N-ethyl adjacent to an activating group) is 1. The number of thiazole rings is 1. The number of fused-ring (bicyclic) bond motifs is 1. The van der Waals surface area contributed by atoms with Gasteiger partial charge in [0.2, 0.25) is 5.95 Å². The SMILES string of the molecule is CCn1c(=O)c(-c2nc(C3CCCCC3)sc2C)cc2cnc(Nc3ccc(N4CCN(C)CC4)cc3)nc21. The van der Waals surface area contributed by atoms with Crippen molar-refractivity contribution in [3.63, 3.8) is 0 Å². The standard InChI is InChI=1S/C30H37N7OS/c1-4-37-27-22(18-25(29(37)38)26-20(2)39-28(33-26)21-8-6-5-7-9-21)19-31-30(34-27)32-23-10-12-24(13-11-23)36-16-14-35(3)15-17-36/h10-13,18-19,21H,4-9,14-17H2,1-3H3,(H,31,32,34). The van der Waals surface area contributed by atoms with E-state index >= 15 is 0 Å². The lowest BCUT2D eigenvalue weighted by Crippen LogP contribution is -2.44. The van der Waals surface area contributed by atoms with Gasteiger partial charge in [0.15, 0.2) is 0 Å². The van der Waals surface area contributed by atoms with Gasteiger partial charge in [-0.3, -0.25) is 9.36 Å². The van der Waals surface area contributed by atoms with Crippen LogP contribution in [-0.2, 0) is 6.54 Å². The zero-order valence-electron chi connectivity index (χ0n) is 23.1. The Bertz CT molecular complexity index is 1510. The largest absolute Gasteiger partial charge is 0.369 e. The Labute approximate surface area is 233 Å². The summed E-state index contributed by atoms with van der Waals surface area (Å²) in [7, 11) is 2.17. The second kappa shape index (κ2) is 11.1. The van der Waals surface area contributed by atoms with Crippen LogP contribution in [0.5, 0.6) is 0 Å². The van der Waals surface area contributed by atoms with Crippen molar-refractivity contribution >= 4 is 39.7 Å². The first-order chi connectivity index (χ1) is 19.0. The fourth-order valence-corrected chi connectivity index (χ4v) is 6.93. The maximum absolute atomic E-state index is 13.7. The second-order valence-corrected chi connectivity index (χ2v) is 12.1. The molecule has 1 aliphatic heterocycles. The van der Waals surface area contributed by atoms with E-state index in [1.165, 1.54) is 42.8 Å². The molecule has 2 fully saturated rings. The van der Waals surface area contributed by atoms with Crippen LogP contribution in [0.4, 0.5) is 17.3 Å². The molecule has 0 amide bonds. The minimum absolute atomic E-state index is 0.0465. The first-order valence-corrected chi connectivity index (χ1v) is 15.0. The molecule has 6 rings (SSSR count). The lowest BCUT2D eigenvalue weighted by Gasteiger charge is -2.34. The van der Waals surface area contributed by atoms with Crippen LogP contribution in [0, 0.1) is 6.92 Å². The van der Waals surface area contributed by atoms with E-state index in [1.807, 2.05) is 19.2 Å². The summed E-state index contributed by atoms with van der Waals surface area (Å²) < 4.78 is 1.74. The van der Waals surface area contributed by atoms with Gasteiger partial charge in [0.05, 0.1) is 16.3 Å². The topological polar surface area (TPSA) is 79.2 Å². The van der Waals surface area contributed by atoms with Gasteiger partial charge in [-0.15, -0.1) is 11.3 Å². The summed E-state index contributed by atoms with van der Waals surface area (Å²) in [6, 6.07) is 10.3. The lowest BCUT2D eigenvalue weighted by atomic mass is 9.90. The monoisotopic (exact) mass is 543 g/mol. The third-order valence-corrected chi connectivity index (χ3v) is 9.29. The Morgan fingerprint density at radius 1 is 1.03 bits per heavy atom. The van der Waals surface area contributed by atoms with Crippen LogP contribution >= 0.6 is 11.3 Å². The van der Waals surface area contributed by atoms with Crippen LogP contribution in [0.3, 0.4) is 0 Å². The Morgan fingerprint density at radius 2 is 1.77 bits per heavy atom. The molecule has 4 heterocycles. The first-order valence-electron chi connectivity index (χ1n) is 14.2. The van der Waals surface area contributed by atoms with Gasteiger partial charge in [0.1, 0.15) is 5.65 Å². The van der Waals surface area contributed by atoms with Gasteiger partial charge < -0.3 is 15.1 Å². The molecule has 2 aliphatic rings. The van der Waals surface area contributed by atoms with E-state index in [9.17, 15) is 4.79 Å². The van der Waals surface area contributed by atoms with Crippen molar-refractivity contribution in [2.45, 2.75) is 58.4 Å². The van der Waals surface area contributed by atoms with Crippen molar-refractivity contribution in [3.8, 4) is 11.3 Å². The van der Waals surface area contributed by atoms with Gasteiger partial charge in [-0.2, -0.15) is 4.98 Å². The molecule has 39 heavy (non-hydrogen) atoms. The smallest absolute Gasteiger partial charge is 0.261 e. The molecule has 0 radical (unpaired) electrons. The lowest BCUT2D eigenvalue weighted by molar-refractivity contribution is 0.313. The summed E-state index contributed by atoms with van der Waals surface area (Å²) in [4.78, 5) is 33.9. The van der Waals surface area contributed by atoms with Crippen LogP contribution in [-0.4, -0.2) is 57.6 Å². The van der Waals surface area contributed by atoms with E-state index in [1.54, 1.807) is 15.9 Å². The molecule has 4 aromatic rings. The highest BCUT2D eigenvalue weighted by atomic mass is 32.1. The fourth-order valence-electron chi connectivity index (χ4n) is 5.82. The van der Waals surface area contributed by atoms with Crippen molar-refractivity contribution in [1.82, 2.24) is 24.4 Å². The summed E-state index contributed by atoms with van der Waals surface area (Å²) in [6.07, 6.45) is 8.06. The van der Waals surface area contributed by atoms with Gasteiger partial charge in [-0.1, -0.05) is 19.3 Å². The zero-order valence-corrected chi connectivity index (χ0v) is 23.9. The molecule has 1 aliphatic carbocycles. The quantitative estimate of drug-likeness (QED) is 0.330. The maximum atomic E-state index is 13.7. The predicted molar refractivity (Wildman–Crippen MR) is 161 cm³/mol. The number of benzene rings is 1. The summed E-state index contributed by atoms with van der Waals surface area (Å²) in [5.74, 6) is 1.01. The third-order valence-electron chi connectivity index (χ3n) is 8.16. The highest BCUT2D eigenvalue weighted by molar-refractivity contribution is 7.12. The minimum Gasteiger partial charge on any atom is -0.369 e. The number of piperazine rings is 1. The molecule has 0 unspecified atom stereocenters. The van der Waals surface area contributed by atoms with E-state index < -0.39 is 0 Å². The van der Waals surface area contributed by atoms with Gasteiger partial charge in [-0.05, 0) is 64.1 Å². The molecule has 0 spiro atoms. The van der Waals surface area contributed by atoms with Crippen molar-refractivity contribution in [3.05, 3.63) is 56.8 Å². The van der Waals surface area contributed by atoms with Gasteiger partial charge >= 0.3 is 0 Å². The highest BCUT2D eigenvalue weighted by Gasteiger charge is 2.23. The average molecular weight is 544 g/mol. The van der Waals surface area contributed by atoms with E-state index in [0.717, 1.165) is 47.8 Å². The Kier molecular flexibility index (Phi) is 7.36. The number of rotatable bonds is 6. The number of nitrogens with zero attached hydrogens (tertiary/aromatic N) is 6. The van der Waals surface area contributed by atoms with E-state index in [-0.39, 0.29) is 5.56 Å². The molecule has 8 nitrogen and oxygen atoms in total. The molecule has 1 N–H and O–H groups in total. The number of nitrogens with one attached hydrogen (secondary N) is 1. The van der Waals surface area contributed by atoms with Crippen molar-refractivity contribution in [2.75, 3.05) is 43.4 Å². The Morgan fingerprint density at radius 3 is 2.49 bits per heavy atom. The third kappa shape index (κ3) is 5.30. The van der Waals surface area contributed by atoms with E-state index in [4.69, 9.17) is 9.97 Å². The second-order valence-electron chi connectivity index (χ2n) is 10.8. The van der Waals surface area contributed by atoms with Gasteiger partial charge in [0, 0.05) is 66.5 Å². The Hall–Kier alpha value is -3.30. The van der Waals surface area contributed by atoms with Crippen LogP contribution in [0.1, 0.15) is 54.8 Å². The zero-order chi connectivity index (χ0) is 26.9.